The topological polar surface area (TPSA) is 27.7 Å². The van der Waals surface area contributed by atoms with E-state index in [0.717, 1.165) is 0 Å². The molecular weight excluding hydrogens is 175 g/mol. The third kappa shape index (κ3) is 2.24. The van der Waals surface area contributed by atoms with Crippen molar-refractivity contribution < 1.29 is 18.6 Å². The van der Waals surface area contributed by atoms with E-state index < -0.39 is 6.86 Å². The van der Waals surface area contributed by atoms with Crippen LogP contribution in [0.1, 0.15) is 0 Å². The Morgan fingerprint density at radius 2 is 1.85 bits per heavy atom. The van der Waals surface area contributed by atoms with Crippen LogP contribution in [0.3, 0.4) is 0 Å². The zero-order valence-electron chi connectivity index (χ0n) is 7.54. The zero-order chi connectivity index (χ0) is 9.68. The van der Waals surface area contributed by atoms with Crippen LogP contribution in [0.25, 0.3) is 0 Å². The predicted molar refractivity (Wildman–Crippen MR) is 46.1 cm³/mol. The molecule has 0 atom stereocenters. The average Bonchev–Trinajstić information content (AvgIpc) is 2.18. The molecule has 0 bridgehead atoms. The van der Waals surface area contributed by atoms with Crippen LogP contribution in [0.4, 0.5) is 4.39 Å². The monoisotopic (exact) mass is 186 g/mol. The lowest BCUT2D eigenvalue weighted by molar-refractivity contribution is 0.191. The molecule has 0 aliphatic heterocycles. The lowest BCUT2D eigenvalue weighted by Gasteiger charge is -2.08. The molecule has 0 heterocycles. The van der Waals surface area contributed by atoms with Crippen LogP contribution in [-0.2, 0) is 0 Å². The highest BCUT2D eigenvalue weighted by molar-refractivity contribution is 5.45. The Kier molecular flexibility index (Phi) is 3.37. The Hall–Kier alpha value is -1.45. The third-order valence-electron chi connectivity index (χ3n) is 1.58. The van der Waals surface area contributed by atoms with E-state index in [1.54, 1.807) is 18.2 Å². The van der Waals surface area contributed by atoms with Crippen LogP contribution < -0.4 is 14.2 Å². The molecule has 0 aromatic heterocycles. The lowest BCUT2D eigenvalue weighted by Crippen LogP contribution is -1.93. The first-order chi connectivity index (χ1) is 6.31. The van der Waals surface area contributed by atoms with E-state index in [4.69, 9.17) is 9.47 Å². The Morgan fingerprint density at radius 3 is 2.38 bits per heavy atom. The molecule has 1 aromatic rings. The van der Waals surface area contributed by atoms with Gasteiger partial charge in [0, 0.05) is 6.07 Å². The molecule has 4 heteroatoms. The third-order valence-corrected chi connectivity index (χ3v) is 1.58. The van der Waals surface area contributed by atoms with Gasteiger partial charge in [0.25, 0.3) is 0 Å². The van der Waals surface area contributed by atoms with Crippen molar-refractivity contribution in [2.24, 2.45) is 0 Å². The number of alkyl halides is 1. The normalized spacial score (nSPS) is 9.46. The first kappa shape index (κ1) is 9.64. The van der Waals surface area contributed by atoms with E-state index in [1.807, 2.05) is 0 Å². The van der Waals surface area contributed by atoms with Crippen LogP contribution in [0, 0.1) is 0 Å². The molecule has 0 spiro atoms. The number of halogens is 1. The fourth-order valence-electron chi connectivity index (χ4n) is 0.969. The number of benzene rings is 1. The minimum atomic E-state index is -0.852. The van der Waals surface area contributed by atoms with Gasteiger partial charge in [-0.1, -0.05) is 0 Å². The average molecular weight is 186 g/mol. The van der Waals surface area contributed by atoms with Crippen molar-refractivity contribution >= 4 is 0 Å². The van der Waals surface area contributed by atoms with E-state index in [-0.39, 0.29) is 0 Å². The smallest absolute Gasteiger partial charge is 0.228 e. The molecule has 3 nitrogen and oxygen atoms in total. The molecule has 0 saturated carbocycles. The van der Waals surface area contributed by atoms with Crippen LogP contribution >= 0.6 is 0 Å². The Balaban J connectivity index is 2.91. The first-order valence-corrected chi connectivity index (χ1v) is 3.72. The molecule has 1 aromatic carbocycles. The van der Waals surface area contributed by atoms with Crippen LogP contribution in [0.5, 0.6) is 17.2 Å². The van der Waals surface area contributed by atoms with E-state index in [9.17, 15) is 4.39 Å². The highest BCUT2D eigenvalue weighted by Crippen LogP contribution is 2.30. The van der Waals surface area contributed by atoms with Gasteiger partial charge in [0.1, 0.15) is 5.75 Å². The van der Waals surface area contributed by atoms with Gasteiger partial charge in [-0.05, 0) is 12.1 Å². The molecule has 1 rings (SSSR count). The largest absolute Gasteiger partial charge is 0.493 e. The maximum atomic E-state index is 11.8. The van der Waals surface area contributed by atoms with Gasteiger partial charge in [0.2, 0.25) is 6.86 Å². The zero-order valence-corrected chi connectivity index (χ0v) is 7.54. The van der Waals surface area contributed by atoms with E-state index in [2.05, 4.69) is 4.74 Å². The maximum Gasteiger partial charge on any atom is 0.228 e. The second-order valence-electron chi connectivity index (χ2n) is 2.27. The lowest BCUT2D eigenvalue weighted by atomic mass is 10.3. The van der Waals surface area contributed by atoms with Crippen molar-refractivity contribution in [3.05, 3.63) is 18.2 Å². The van der Waals surface area contributed by atoms with Gasteiger partial charge >= 0.3 is 0 Å². The fraction of sp³-hybridized carbons (Fsp3) is 0.333. The van der Waals surface area contributed by atoms with Crippen LogP contribution in [-0.4, -0.2) is 21.1 Å². The second kappa shape index (κ2) is 4.54. The minimum absolute atomic E-state index is 0.417. The minimum Gasteiger partial charge on any atom is -0.493 e. The number of hydrogen-bond donors (Lipinski definition) is 0. The van der Waals surface area contributed by atoms with E-state index in [0.29, 0.717) is 17.2 Å². The highest BCUT2D eigenvalue weighted by atomic mass is 19.1. The molecule has 0 unspecified atom stereocenters. The summed E-state index contributed by atoms with van der Waals surface area (Å²) >= 11 is 0. The summed E-state index contributed by atoms with van der Waals surface area (Å²) in [6.45, 7) is -0.852. The summed E-state index contributed by atoms with van der Waals surface area (Å²) in [5, 5.41) is 0. The number of rotatable bonds is 4. The Labute approximate surface area is 76.0 Å². The second-order valence-corrected chi connectivity index (χ2v) is 2.27. The van der Waals surface area contributed by atoms with Gasteiger partial charge in [0.15, 0.2) is 11.5 Å². The summed E-state index contributed by atoms with van der Waals surface area (Å²) < 4.78 is 26.4. The van der Waals surface area contributed by atoms with Gasteiger partial charge in [-0.25, -0.2) is 4.39 Å². The van der Waals surface area contributed by atoms with Gasteiger partial charge in [-0.3, -0.25) is 0 Å². The number of methoxy groups -OCH3 is 2. The predicted octanol–water partition coefficient (Wildman–Crippen LogP) is 2.01. The summed E-state index contributed by atoms with van der Waals surface area (Å²) in [7, 11) is 3.05. The molecule has 13 heavy (non-hydrogen) atoms. The maximum absolute atomic E-state index is 11.8. The van der Waals surface area contributed by atoms with Crippen molar-refractivity contribution in [3.63, 3.8) is 0 Å². The Bertz CT molecular complexity index is 276. The molecule has 0 N–H and O–H groups in total. The molecular formula is C9H11FO3. The molecule has 0 aliphatic rings. The van der Waals surface area contributed by atoms with Gasteiger partial charge in [-0.15, -0.1) is 0 Å². The highest BCUT2D eigenvalue weighted by Gasteiger charge is 2.04. The summed E-state index contributed by atoms with van der Waals surface area (Å²) in [5.74, 6) is 1.53. The molecule has 0 fully saturated rings. The van der Waals surface area contributed by atoms with E-state index in [1.165, 1.54) is 14.2 Å². The van der Waals surface area contributed by atoms with Crippen molar-refractivity contribution in [3.8, 4) is 17.2 Å². The van der Waals surface area contributed by atoms with E-state index >= 15 is 0 Å². The van der Waals surface area contributed by atoms with Gasteiger partial charge in [0.05, 0.1) is 14.2 Å². The SMILES string of the molecule is COc1ccc(OCF)cc1OC. The summed E-state index contributed by atoms with van der Waals surface area (Å²) in [4.78, 5) is 0. The van der Waals surface area contributed by atoms with Crippen molar-refractivity contribution in [1.29, 1.82) is 0 Å². The van der Waals surface area contributed by atoms with Crippen molar-refractivity contribution in [1.82, 2.24) is 0 Å². The number of hydrogen-bond acceptors (Lipinski definition) is 3. The van der Waals surface area contributed by atoms with Crippen LogP contribution in [0.15, 0.2) is 18.2 Å². The molecule has 0 aliphatic carbocycles. The fourth-order valence-corrected chi connectivity index (χ4v) is 0.969. The molecule has 0 saturated heterocycles. The summed E-state index contributed by atoms with van der Waals surface area (Å²) in [5.41, 5.74) is 0. The van der Waals surface area contributed by atoms with Crippen LogP contribution in [0.2, 0.25) is 0 Å². The standard InChI is InChI=1S/C9H11FO3/c1-11-8-4-3-7(13-6-10)5-9(8)12-2/h3-5H,6H2,1-2H3. The summed E-state index contributed by atoms with van der Waals surface area (Å²) in [6.07, 6.45) is 0. The molecule has 0 radical (unpaired) electrons. The Morgan fingerprint density at radius 1 is 1.15 bits per heavy atom. The van der Waals surface area contributed by atoms with Gasteiger partial charge in [-0.2, -0.15) is 0 Å². The molecule has 72 valence electrons. The van der Waals surface area contributed by atoms with Gasteiger partial charge < -0.3 is 14.2 Å². The summed E-state index contributed by atoms with van der Waals surface area (Å²) in [6, 6.07) is 4.84. The number of ether oxygens (including phenoxy) is 3. The van der Waals surface area contributed by atoms with Crippen molar-refractivity contribution in [2.45, 2.75) is 0 Å². The quantitative estimate of drug-likeness (QED) is 0.719. The first-order valence-electron chi connectivity index (χ1n) is 3.72. The molecule has 0 amide bonds. The van der Waals surface area contributed by atoms with Crippen molar-refractivity contribution in [2.75, 3.05) is 21.1 Å².